The van der Waals surface area contributed by atoms with Crippen LogP contribution in [0.15, 0.2) is 36.7 Å². The van der Waals surface area contributed by atoms with Crippen LogP contribution in [0.1, 0.15) is 31.9 Å². The van der Waals surface area contributed by atoms with E-state index < -0.39 is 0 Å². The Kier molecular flexibility index (Phi) is 4.40. The summed E-state index contributed by atoms with van der Waals surface area (Å²) >= 11 is 0. The molecule has 0 aliphatic carbocycles. The SMILES string of the molecule is CC(C)n1cc(NC(=O)CCc2cccc(N)c2)cn1. The van der Waals surface area contributed by atoms with E-state index in [1.807, 2.05) is 49.0 Å². The summed E-state index contributed by atoms with van der Waals surface area (Å²) in [6, 6.07) is 7.89. The van der Waals surface area contributed by atoms with Crippen LogP contribution in [0.4, 0.5) is 11.4 Å². The standard InChI is InChI=1S/C15H20N4O/c1-11(2)19-10-14(9-17-19)18-15(20)7-6-12-4-3-5-13(16)8-12/h3-5,8-11H,6-7,16H2,1-2H3,(H,18,20). The van der Waals surface area contributed by atoms with Gasteiger partial charge >= 0.3 is 0 Å². The van der Waals surface area contributed by atoms with E-state index in [9.17, 15) is 4.79 Å². The van der Waals surface area contributed by atoms with Crippen LogP contribution in [0.3, 0.4) is 0 Å². The fraction of sp³-hybridized carbons (Fsp3) is 0.333. The molecule has 0 spiro atoms. The van der Waals surface area contributed by atoms with Gasteiger partial charge in [-0.2, -0.15) is 5.10 Å². The van der Waals surface area contributed by atoms with Gasteiger partial charge < -0.3 is 11.1 Å². The Balaban J connectivity index is 1.86. The molecule has 0 fully saturated rings. The Labute approximate surface area is 118 Å². The second kappa shape index (κ2) is 6.23. The summed E-state index contributed by atoms with van der Waals surface area (Å²) in [4.78, 5) is 11.9. The van der Waals surface area contributed by atoms with Gasteiger partial charge in [0.1, 0.15) is 0 Å². The molecule has 0 radical (unpaired) electrons. The van der Waals surface area contributed by atoms with E-state index in [0.29, 0.717) is 12.8 Å². The second-order valence-electron chi connectivity index (χ2n) is 5.10. The van der Waals surface area contributed by atoms with Crippen molar-refractivity contribution in [2.45, 2.75) is 32.7 Å². The molecule has 1 aromatic carbocycles. The first-order chi connectivity index (χ1) is 9.54. The summed E-state index contributed by atoms with van der Waals surface area (Å²) in [6.45, 7) is 4.08. The Morgan fingerprint density at radius 2 is 2.25 bits per heavy atom. The fourth-order valence-corrected chi connectivity index (χ4v) is 1.91. The number of amides is 1. The van der Waals surface area contributed by atoms with Crippen LogP contribution in [-0.4, -0.2) is 15.7 Å². The summed E-state index contributed by atoms with van der Waals surface area (Å²) in [5.41, 5.74) is 8.23. The lowest BCUT2D eigenvalue weighted by Crippen LogP contribution is -2.12. The van der Waals surface area contributed by atoms with Crippen LogP contribution >= 0.6 is 0 Å². The van der Waals surface area contributed by atoms with Crippen molar-refractivity contribution in [1.29, 1.82) is 0 Å². The number of nitrogen functional groups attached to an aromatic ring is 1. The molecule has 106 valence electrons. The zero-order valence-corrected chi connectivity index (χ0v) is 11.8. The largest absolute Gasteiger partial charge is 0.399 e. The van der Waals surface area contributed by atoms with E-state index in [4.69, 9.17) is 5.73 Å². The van der Waals surface area contributed by atoms with E-state index in [-0.39, 0.29) is 11.9 Å². The van der Waals surface area contributed by atoms with Crippen molar-refractivity contribution in [2.24, 2.45) is 0 Å². The average molecular weight is 272 g/mol. The van der Waals surface area contributed by atoms with Crippen LogP contribution in [0.5, 0.6) is 0 Å². The molecule has 2 aromatic rings. The van der Waals surface area contributed by atoms with Gasteiger partial charge in [-0.1, -0.05) is 12.1 Å². The maximum absolute atomic E-state index is 11.9. The van der Waals surface area contributed by atoms with Gasteiger partial charge in [-0.3, -0.25) is 9.48 Å². The molecule has 3 N–H and O–H groups in total. The van der Waals surface area contributed by atoms with Gasteiger partial charge in [0.2, 0.25) is 5.91 Å². The third kappa shape index (κ3) is 3.85. The number of anilines is 2. The molecule has 5 nitrogen and oxygen atoms in total. The quantitative estimate of drug-likeness (QED) is 0.822. The summed E-state index contributed by atoms with van der Waals surface area (Å²) < 4.78 is 1.81. The minimum Gasteiger partial charge on any atom is -0.399 e. The Morgan fingerprint density at radius 1 is 1.45 bits per heavy atom. The number of nitrogens with zero attached hydrogens (tertiary/aromatic N) is 2. The molecule has 0 saturated carbocycles. The number of carbonyl (C=O) groups is 1. The monoisotopic (exact) mass is 272 g/mol. The molecule has 0 atom stereocenters. The van der Waals surface area contributed by atoms with E-state index in [2.05, 4.69) is 10.4 Å². The summed E-state index contributed by atoms with van der Waals surface area (Å²) in [6.07, 6.45) is 4.60. The van der Waals surface area contributed by atoms with Gasteiger partial charge in [0, 0.05) is 24.3 Å². The number of benzene rings is 1. The first-order valence-corrected chi connectivity index (χ1v) is 6.73. The van der Waals surface area contributed by atoms with E-state index in [0.717, 1.165) is 16.9 Å². The highest BCUT2D eigenvalue weighted by molar-refractivity contribution is 5.90. The smallest absolute Gasteiger partial charge is 0.224 e. The number of nitrogens with two attached hydrogens (primary N) is 1. The predicted molar refractivity (Wildman–Crippen MR) is 80.4 cm³/mol. The zero-order valence-electron chi connectivity index (χ0n) is 11.8. The van der Waals surface area contributed by atoms with Crippen LogP contribution in [0, 0.1) is 0 Å². The highest BCUT2D eigenvalue weighted by Gasteiger charge is 2.06. The number of hydrogen-bond donors (Lipinski definition) is 2. The van der Waals surface area contributed by atoms with E-state index in [1.165, 1.54) is 0 Å². The van der Waals surface area contributed by atoms with Gasteiger partial charge in [-0.15, -0.1) is 0 Å². The van der Waals surface area contributed by atoms with Gasteiger partial charge in [-0.05, 0) is 38.0 Å². The first kappa shape index (κ1) is 14.1. The summed E-state index contributed by atoms with van der Waals surface area (Å²) in [5.74, 6) is -0.0178. The lowest BCUT2D eigenvalue weighted by Gasteiger charge is -2.05. The van der Waals surface area contributed by atoms with Crippen molar-refractivity contribution in [1.82, 2.24) is 9.78 Å². The molecule has 1 aromatic heterocycles. The molecule has 0 bridgehead atoms. The van der Waals surface area contributed by atoms with Crippen LogP contribution < -0.4 is 11.1 Å². The number of aryl methyl sites for hydroxylation is 1. The zero-order chi connectivity index (χ0) is 14.5. The van der Waals surface area contributed by atoms with Crippen molar-refractivity contribution in [2.75, 3.05) is 11.1 Å². The summed E-state index contributed by atoms with van der Waals surface area (Å²) in [7, 11) is 0. The topological polar surface area (TPSA) is 72.9 Å². The Hall–Kier alpha value is -2.30. The van der Waals surface area contributed by atoms with Crippen LogP contribution in [-0.2, 0) is 11.2 Å². The second-order valence-corrected chi connectivity index (χ2v) is 5.10. The average Bonchev–Trinajstić information content (AvgIpc) is 2.85. The van der Waals surface area contributed by atoms with Gasteiger partial charge in [0.25, 0.3) is 0 Å². The van der Waals surface area contributed by atoms with Crippen molar-refractivity contribution in [3.05, 3.63) is 42.2 Å². The molecular weight excluding hydrogens is 252 g/mol. The molecule has 0 unspecified atom stereocenters. The van der Waals surface area contributed by atoms with E-state index >= 15 is 0 Å². The number of hydrogen-bond acceptors (Lipinski definition) is 3. The molecule has 5 heteroatoms. The molecule has 20 heavy (non-hydrogen) atoms. The lowest BCUT2D eigenvalue weighted by atomic mass is 10.1. The van der Waals surface area contributed by atoms with Crippen molar-refractivity contribution in [3.63, 3.8) is 0 Å². The molecule has 0 saturated heterocycles. The highest BCUT2D eigenvalue weighted by Crippen LogP contribution is 2.12. The molecule has 2 rings (SSSR count). The molecular formula is C15H20N4O. The van der Waals surface area contributed by atoms with Crippen LogP contribution in [0.25, 0.3) is 0 Å². The fourth-order valence-electron chi connectivity index (χ4n) is 1.91. The minimum atomic E-state index is -0.0178. The third-order valence-corrected chi connectivity index (χ3v) is 3.01. The van der Waals surface area contributed by atoms with Gasteiger partial charge in [-0.25, -0.2) is 0 Å². The van der Waals surface area contributed by atoms with Crippen molar-refractivity contribution >= 4 is 17.3 Å². The number of carbonyl (C=O) groups excluding carboxylic acids is 1. The van der Waals surface area contributed by atoms with Crippen molar-refractivity contribution < 1.29 is 4.79 Å². The minimum absolute atomic E-state index is 0.0178. The highest BCUT2D eigenvalue weighted by atomic mass is 16.1. The Morgan fingerprint density at radius 3 is 2.90 bits per heavy atom. The van der Waals surface area contributed by atoms with Gasteiger partial charge in [0.15, 0.2) is 0 Å². The molecule has 1 amide bonds. The predicted octanol–water partition coefficient (Wildman–Crippen LogP) is 2.62. The molecule has 0 aliphatic rings. The Bertz CT molecular complexity index is 589. The third-order valence-electron chi connectivity index (χ3n) is 3.01. The van der Waals surface area contributed by atoms with E-state index in [1.54, 1.807) is 6.20 Å². The van der Waals surface area contributed by atoms with Crippen LogP contribution in [0.2, 0.25) is 0 Å². The molecule has 0 aliphatic heterocycles. The first-order valence-electron chi connectivity index (χ1n) is 6.73. The molecule has 1 heterocycles. The number of nitrogens with one attached hydrogen (secondary N) is 1. The lowest BCUT2D eigenvalue weighted by molar-refractivity contribution is -0.116. The normalized spacial score (nSPS) is 10.8. The maximum Gasteiger partial charge on any atom is 0.224 e. The number of aromatic nitrogens is 2. The number of rotatable bonds is 5. The van der Waals surface area contributed by atoms with Crippen molar-refractivity contribution in [3.8, 4) is 0 Å². The van der Waals surface area contributed by atoms with Gasteiger partial charge in [0.05, 0.1) is 11.9 Å². The maximum atomic E-state index is 11.9. The summed E-state index contributed by atoms with van der Waals surface area (Å²) in [5, 5.41) is 7.03.